The number of nitrogens with zero attached hydrogens (tertiary/aromatic N) is 3. The molecule has 6 heteroatoms. The second-order valence-corrected chi connectivity index (χ2v) is 8.54. The zero-order chi connectivity index (χ0) is 20.0. The maximum absolute atomic E-state index is 12.8. The van der Waals surface area contributed by atoms with Gasteiger partial charge in [0.15, 0.2) is 0 Å². The smallest absolute Gasteiger partial charge is 0.249 e. The highest BCUT2D eigenvalue weighted by molar-refractivity contribution is 5.93. The van der Waals surface area contributed by atoms with E-state index >= 15 is 0 Å². The third-order valence-electron chi connectivity index (χ3n) is 6.32. The molecule has 0 aromatic rings. The summed E-state index contributed by atoms with van der Waals surface area (Å²) in [6.45, 7) is 10.2. The van der Waals surface area contributed by atoms with Crippen LogP contribution in [0.5, 0.6) is 0 Å². The number of hydrogen-bond acceptors (Lipinski definition) is 4. The van der Waals surface area contributed by atoms with E-state index in [0.29, 0.717) is 26.2 Å². The minimum absolute atomic E-state index is 0.215. The molecular formula is C22H37N3O3. The van der Waals surface area contributed by atoms with Gasteiger partial charge in [0.2, 0.25) is 11.8 Å². The van der Waals surface area contributed by atoms with Crippen molar-refractivity contribution in [1.29, 1.82) is 0 Å². The molecule has 0 bridgehead atoms. The maximum Gasteiger partial charge on any atom is 0.249 e. The summed E-state index contributed by atoms with van der Waals surface area (Å²) in [6, 6.07) is 0. The Labute approximate surface area is 169 Å². The van der Waals surface area contributed by atoms with Gasteiger partial charge in [-0.3, -0.25) is 14.5 Å². The van der Waals surface area contributed by atoms with Crippen LogP contribution in [0.15, 0.2) is 11.6 Å². The number of hydrogen-bond donors (Lipinski definition) is 0. The second-order valence-electron chi connectivity index (χ2n) is 8.54. The summed E-state index contributed by atoms with van der Waals surface area (Å²) in [6.07, 6.45) is 8.96. The molecule has 28 heavy (non-hydrogen) atoms. The molecule has 3 aliphatic rings. The number of rotatable bonds is 7. The van der Waals surface area contributed by atoms with Gasteiger partial charge in [-0.15, -0.1) is 0 Å². The molecule has 2 heterocycles. The van der Waals surface area contributed by atoms with Crippen molar-refractivity contribution in [2.75, 3.05) is 52.4 Å². The number of likely N-dealkylation sites (tertiary alicyclic amines) is 1. The third-order valence-corrected chi connectivity index (χ3v) is 6.32. The lowest BCUT2D eigenvalue weighted by atomic mass is 9.89. The average molecular weight is 392 g/mol. The zero-order valence-electron chi connectivity index (χ0n) is 17.8. The standard InChI is InChI=1S/C22H37N3O3/c1-3-11-24(12-4-2)20(26)17-23-13-9-22(10-14-23)18-25(15-16-28-22)21(27)19-7-5-6-8-19/h7H,3-6,8-18H2,1-2H3. The van der Waals surface area contributed by atoms with Crippen molar-refractivity contribution in [3.05, 3.63) is 11.6 Å². The molecule has 158 valence electrons. The largest absolute Gasteiger partial charge is 0.371 e. The van der Waals surface area contributed by atoms with E-state index in [1.807, 2.05) is 9.80 Å². The van der Waals surface area contributed by atoms with Crippen LogP contribution in [0, 0.1) is 0 Å². The Kier molecular flexibility index (Phi) is 7.52. The first-order valence-corrected chi connectivity index (χ1v) is 11.2. The number of morpholine rings is 1. The predicted molar refractivity (Wildman–Crippen MR) is 110 cm³/mol. The summed E-state index contributed by atoms with van der Waals surface area (Å²) < 4.78 is 6.19. The van der Waals surface area contributed by atoms with Crippen LogP contribution in [0.4, 0.5) is 0 Å². The first-order valence-electron chi connectivity index (χ1n) is 11.2. The van der Waals surface area contributed by atoms with Crippen molar-refractivity contribution < 1.29 is 14.3 Å². The quantitative estimate of drug-likeness (QED) is 0.669. The molecule has 0 atom stereocenters. The van der Waals surface area contributed by atoms with Crippen molar-refractivity contribution in [2.45, 2.75) is 64.4 Å². The number of amides is 2. The van der Waals surface area contributed by atoms with Crippen LogP contribution < -0.4 is 0 Å². The van der Waals surface area contributed by atoms with E-state index in [1.54, 1.807) is 0 Å². The van der Waals surface area contributed by atoms with Crippen LogP contribution in [0.1, 0.15) is 58.8 Å². The molecule has 0 aromatic carbocycles. The molecule has 1 spiro atoms. The second kappa shape index (κ2) is 9.88. The monoisotopic (exact) mass is 391 g/mol. The number of carbonyl (C=O) groups excluding carboxylic acids is 2. The molecule has 1 aliphatic carbocycles. The van der Waals surface area contributed by atoms with Crippen LogP contribution in [0.25, 0.3) is 0 Å². The van der Waals surface area contributed by atoms with Gasteiger partial charge in [-0.05, 0) is 44.9 Å². The van der Waals surface area contributed by atoms with E-state index in [4.69, 9.17) is 4.74 Å². The van der Waals surface area contributed by atoms with Crippen LogP contribution in [-0.2, 0) is 14.3 Å². The molecule has 2 aliphatic heterocycles. The number of piperidine rings is 1. The van der Waals surface area contributed by atoms with Gasteiger partial charge in [-0.2, -0.15) is 0 Å². The molecule has 3 rings (SSSR count). The normalized spacial score (nSPS) is 22.4. The Morgan fingerprint density at radius 2 is 1.86 bits per heavy atom. The molecule has 2 fully saturated rings. The van der Waals surface area contributed by atoms with Gasteiger partial charge in [-0.1, -0.05) is 19.9 Å². The van der Waals surface area contributed by atoms with Gasteiger partial charge in [0.05, 0.1) is 25.3 Å². The van der Waals surface area contributed by atoms with Gasteiger partial charge < -0.3 is 14.5 Å². The first kappa shape index (κ1) is 21.3. The number of carbonyl (C=O) groups is 2. The van der Waals surface area contributed by atoms with Gasteiger partial charge in [0, 0.05) is 38.3 Å². The molecule has 0 aromatic heterocycles. The summed E-state index contributed by atoms with van der Waals surface area (Å²) in [7, 11) is 0. The fourth-order valence-electron chi connectivity index (χ4n) is 4.70. The average Bonchev–Trinajstić information content (AvgIpc) is 3.24. The Balaban J connectivity index is 1.51. The van der Waals surface area contributed by atoms with E-state index in [-0.39, 0.29) is 17.4 Å². The van der Waals surface area contributed by atoms with E-state index in [0.717, 1.165) is 76.7 Å². The minimum Gasteiger partial charge on any atom is -0.371 e. The topological polar surface area (TPSA) is 53.1 Å². The van der Waals surface area contributed by atoms with Crippen LogP contribution in [-0.4, -0.2) is 84.5 Å². The van der Waals surface area contributed by atoms with Crippen molar-refractivity contribution in [1.82, 2.24) is 14.7 Å². The third kappa shape index (κ3) is 5.15. The van der Waals surface area contributed by atoms with E-state index in [2.05, 4.69) is 24.8 Å². The van der Waals surface area contributed by atoms with Gasteiger partial charge in [0.1, 0.15) is 0 Å². The molecule has 0 radical (unpaired) electrons. The van der Waals surface area contributed by atoms with E-state index in [9.17, 15) is 9.59 Å². The van der Waals surface area contributed by atoms with Crippen molar-refractivity contribution in [2.24, 2.45) is 0 Å². The molecule has 0 saturated carbocycles. The molecule has 6 nitrogen and oxygen atoms in total. The first-order chi connectivity index (χ1) is 13.6. The van der Waals surface area contributed by atoms with Crippen molar-refractivity contribution in [3.8, 4) is 0 Å². The van der Waals surface area contributed by atoms with Crippen LogP contribution >= 0.6 is 0 Å². The molecule has 0 unspecified atom stereocenters. The highest BCUT2D eigenvalue weighted by atomic mass is 16.5. The summed E-state index contributed by atoms with van der Waals surface area (Å²) >= 11 is 0. The Hall–Kier alpha value is -1.40. The fraction of sp³-hybridized carbons (Fsp3) is 0.818. The van der Waals surface area contributed by atoms with Gasteiger partial charge >= 0.3 is 0 Å². The lowest BCUT2D eigenvalue weighted by Crippen LogP contribution is -2.58. The predicted octanol–water partition coefficient (Wildman–Crippen LogP) is 2.44. The number of ether oxygens (including phenoxy) is 1. The Morgan fingerprint density at radius 1 is 1.14 bits per heavy atom. The van der Waals surface area contributed by atoms with E-state index < -0.39 is 0 Å². The molecule has 2 amide bonds. The maximum atomic E-state index is 12.8. The summed E-state index contributed by atoms with van der Waals surface area (Å²) in [5.41, 5.74) is 0.770. The van der Waals surface area contributed by atoms with Crippen LogP contribution in [0.3, 0.4) is 0 Å². The SMILES string of the molecule is CCCN(CCC)C(=O)CN1CCC2(CC1)CN(C(=O)C1=CCCC1)CCO2. The van der Waals surface area contributed by atoms with Gasteiger partial charge in [0.25, 0.3) is 0 Å². The fourth-order valence-corrected chi connectivity index (χ4v) is 4.70. The van der Waals surface area contributed by atoms with Crippen LogP contribution in [0.2, 0.25) is 0 Å². The van der Waals surface area contributed by atoms with Gasteiger partial charge in [-0.25, -0.2) is 0 Å². The highest BCUT2D eigenvalue weighted by Crippen LogP contribution is 2.31. The molecule has 0 N–H and O–H groups in total. The summed E-state index contributed by atoms with van der Waals surface area (Å²) in [4.78, 5) is 31.7. The summed E-state index contributed by atoms with van der Waals surface area (Å²) in [5.74, 6) is 0.460. The zero-order valence-corrected chi connectivity index (χ0v) is 17.8. The summed E-state index contributed by atoms with van der Waals surface area (Å²) in [5, 5.41) is 0. The lowest BCUT2D eigenvalue weighted by Gasteiger charge is -2.47. The lowest BCUT2D eigenvalue weighted by molar-refractivity contribution is -0.157. The highest BCUT2D eigenvalue weighted by Gasteiger charge is 2.41. The van der Waals surface area contributed by atoms with E-state index in [1.165, 1.54) is 0 Å². The van der Waals surface area contributed by atoms with Crippen molar-refractivity contribution in [3.63, 3.8) is 0 Å². The molecular weight excluding hydrogens is 354 g/mol. The number of allylic oxidation sites excluding steroid dienone is 1. The van der Waals surface area contributed by atoms with Crippen molar-refractivity contribution >= 4 is 11.8 Å². The molecule has 2 saturated heterocycles. The Bertz CT molecular complexity index is 576. The Morgan fingerprint density at radius 3 is 2.46 bits per heavy atom. The minimum atomic E-state index is -0.223.